The summed E-state index contributed by atoms with van der Waals surface area (Å²) in [4.78, 5) is 13.7. The molecular weight excluding hydrogens is 565 g/mol. The first kappa shape index (κ1) is 27.5. The molecule has 44 heavy (non-hydrogen) atoms. The van der Waals surface area contributed by atoms with Gasteiger partial charge in [-0.05, 0) is 71.9 Å². The number of terminal acetylenes is 1. The van der Waals surface area contributed by atoms with Gasteiger partial charge in [-0.1, -0.05) is 31.9 Å². The van der Waals surface area contributed by atoms with Crippen molar-refractivity contribution in [2.45, 2.75) is 44.8 Å². The van der Waals surface area contributed by atoms with Crippen LogP contribution in [-0.4, -0.2) is 64.5 Å². The molecule has 3 saturated heterocycles. The van der Waals surface area contributed by atoms with Crippen molar-refractivity contribution in [3.05, 3.63) is 53.6 Å². The Hall–Kier alpha value is -4.03. The van der Waals surface area contributed by atoms with Gasteiger partial charge in [0.15, 0.2) is 5.82 Å². The Balaban J connectivity index is 1.26. The zero-order valence-electron chi connectivity index (χ0n) is 24.7. The van der Waals surface area contributed by atoms with Crippen LogP contribution in [0.15, 0.2) is 36.4 Å². The number of phenols is 1. The van der Waals surface area contributed by atoms with Crippen LogP contribution in [0.4, 0.5) is 19.0 Å². The summed E-state index contributed by atoms with van der Waals surface area (Å²) in [6.45, 7) is 7.60. The summed E-state index contributed by atoms with van der Waals surface area (Å²) in [6.07, 6.45) is 6.99. The predicted octanol–water partition coefficient (Wildman–Crippen LogP) is 6.46. The fraction of sp³-hybridized carbons (Fsp3) is 0.429. The molecule has 8 rings (SSSR count). The summed E-state index contributed by atoms with van der Waals surface area (Å²) < 4.78 is 52.2. The minimum atomic E-state index is -0.901. The molecule has 0 amide bonds. The van der Waals surface area contributed by atoms with Gasteiger partial charge < -0.3 is 14.7 Å². The van der Waals surface area contributed by atoms with Gasteiger partial charge in [-0.3, -0.25) is 4.90 Å². The van der Waals surface area contributed by atoms with Crippen molar-refractivity contribution >= 4 is 27.5 Å². The lowest BCUT2D eigenvalue weighted by molar-refractivity contribution is 0.107. The van der Waals surface area contributed by atoms with E-state index in [0.717, 1.165) is 32.5 Å². The first-order valence-electron chi connectivity index (χ1n) is 15.3. The monoisotopic (exact) mass is 598 g/mol. The topological polar surface area (TPSA) is 61.7 Å². The van der Waals surface area contributed by atoms with Crippen molar-refractivity contribution in [2.24, 2.45) is 17.3 Å². The van der Waals surface area contributed by atoms with Gasteiger partial charge in [0.1, 0.15) is 35.7 Å². The van der Waals surface area contributed by atoms with Crippen molar-refractivity contribution in [1.29, 1.82) is 0 Å². The Morgan fingerprint density at radius 3 is 2.64 bits per heavy atom. The molecule has 0 radical (unpaired) electrons. The second kappa shape index (κ2) is 9.48. The van der Waals surface area contributed by atoms with Gasteiger partial charge in [0.25, 0.3) is 0 Å². The molecule has 9 heteroatoms. The number of anilines is 1. The van der Waals surface area contributed by atoms with E-state index in [1.165, 1.54) is 24.3 Å². The maximum atomic E-state index is 16.8. The van der Waals surface area contributed by atoms with Crippen LogP contribution >= 0.6 is 0 Å². The van der Waals surface area contributed by atoms with Gasteiger partial charge in [0.05, 0.1) is 11.1 Å². The Labute approximate surface area is 253 Å². The zero-order chi connectivity index (χ0) is 30.5. The summed E-state index contributed by atoms with van der Waals surface area (Å²) in [5, 5.41) is 11.9. The lowest BCUT2D eigenvalue weighted by Crippen LogP contribution is -2.43. The highest BCUT2D eigenvalue weighted by Gasteiger charge is 2.62. The summed E-state index contributed by atoms with van der Waals surface area (Å²) in [5.74, 6) is 2.71. The van der Waals surface area contributed by atoms with Crippen LogP contribution in [0.25, 0.3) is 32.8 Å². The van der Waals surface area contributed by atoms with E-state index in [1.54, 1.807) is 12.1 Å². The van der Waals surface area contributed by atoms with Crippen LogP contribution < -0.4 is 9.64 Å². The van der Waals surface area contributed by atoms with Crippen molar-refractivity contribution in [3.8, 4) is 35.2 Å². The van der Waals surface area contributed by atoms with E-state index in [4.69, 9.17) is 16.1 Å². The Bertz CT molecular complexity index is 1890. The minimum Gasteiger partial charge on any atom is -0.508 e. The predicted molar refractivity (Wildman–Crippen MR) is 164 cm³/mol. The Morgan fingerprint density at radius 2 is 1.86 bits per heavy atom. The average molecular weight is 599 g/mol. The maximum Gasteiger partial charge on any atom is 0.319 e. The highest BCUT2D eigenvalue weighted by Crippen LogP contribution is 2.62. The Kier molecular flexibility index (Phi) is 5.93. The normalized spacial score (nSPS) is 27.1. The third-order valence-electron chi connectivity index (χ3n) is 10.9. The van der Waals surface area contributed by atoms with E-state index >= 15 is 4.39 Å². The minimum absolute atomic E-state index is 0.00796. The largest absolute Gasteiger partial charge is 0.508 e. The van der Waals surface area contributed by atoms with Gasteiger partial charge in [-0.25, -0.2) is 13.2 Å². The van der Waals surface area contributed by atoms with Gasteiger partial charge in [0, 0.05) is 42.4 Å². The number of piperidine rings is 1. The second-order valence-electron chi connectivity index (χ2n) is 13.6. The molecule has 4 fully saturated rings. The molecule has 3 aliphatic heterocycles. The van der Waals surface area contributed by atoms with Crippen LogP contribution in [0.1, 0.15) is 38.7 Å². The number of ether oxygens (including phenoxy) is 1. The first-order chi connectivity index (χ1) is 21.1. The number of aromatic nitrogens is 2. The molecule has 6 nitrogen and oxygen atoms in total. The number of benzene rings is 3. The van der Waals surface area contributed by atoms with Crippen molar-refractivity contribution in [1.82, 2.24) is 14.9 Å². The number of rotatable bonds is 5. The van der Waals surface area contributed by atoms with E-state index < -0.39 is 23.3 Å². The van der Waals surface area contributed by atoms with Gasteiger partial charge in [0.2, 0.25) is 0 Å². The van der Waals surface area contributed by atoms with Gasteiger partial charge in [-0.2, -0.15) is 9.97 Å². The van der Waals surface area contributed by atoms with Gasteiger partial charge in [-0.15, -0.1) is 6.42 Å². The Morgan fingerprint density at radius 1 is 1.07 bits per heavy atom. The van der Waals surface area contributed by atoms with E-state index in [0.29, 0.717) is 46.8 Å². The number of hydrogen-bond donors (Lipinski definition) is 1. The molecule has 1 aliphatic carbocycles. The molecule has 4 aliphatic rings. The van der Waals surface area contributed by atoms with Gasteiger partial charge >= 0.3 is 6.01 Å². The van der Waals surface area contributed by atoms with Crippen LogP contribution in [0.5, 0.6) is 11.8 Å². The molecule has 0 bridgehead atoms. The van der Waals surface area contributed by atoms with Crippen LogP contribution in [0.2, 0.25) is 0 Å². The number of fused-ring (bicyclic) bond motifs is 4. The molecule has 4 aromatic rings. The molecule has 3 aromatic carbocycles. The molecular formula is C35H33F3N4O2. The quantitative estimate of drug-likeness (QED) is 0.266. The van der Waals surface area contributed by atoms with Crippen molar-refractivity contribution < 1.29 is 23.0 Å². The molecule has 226 valence electrons. The first-order valence-corrected chi connectivity index (χ1v) is 15.3. The smallest absolute Gasteiger partial charge is 0.319 e. The van der Waals surface area contributed by atoms with E-state index in [-0.39, 0.29) is 46.0 Å². The molecule has 4 unspecified atom stereocenters. The number of aromatic hydroxyl groups is 1. The molecule has 1 aromatic heterocycles. The van der Waals surface area contributed by atoms with E-state index in [2.05, 4.69) is 34.6 Å². The third kappa shape index (κ3) is 4.00. The van der Waals surface area contributed by atoms with Crippen LogP contribution in [0.3, 0.4) is 0 Å². The number of halogens is 3. The summed E-state index contributed by atoms with van der Waals surface area (Å²) in [7, 11) is 0. The summed E-state index contributed by atoms with van der Waals surface area (Å²) in [6, 6.07) is 9.04. The average Bonchev–Trinajstić information content (AvgIpc) is 3.46. The maximum absolute atomic E-state index is 16.8. The van der Waals surface area contributed by atoms with Crippen LogP contribution in [0, 0.1) is 41.2 Å². The van der Waals surface area contributed by atoms with Crippen LogP contribution in [-0.2, 0) is 0 Å². The number of hydrogen-bond acceptors (Lipinski definition) is 6. The number of nitrogens with zero attached hydrogens (tertiary/aromatic N) is 4. The number of phenolic OH excluding ortho intramolecular Hbond substituents is 1. The van der Waals surface area contributed by atoms with Crippen molar-refractivity contribution in [3.63, 3.8) is 0 Å². The highest BCUT2D eigenvalue weighted by molar-refractivity contribution is 6.04. The van der Waals surface area contributed by atoms with E-state index in [1.807, 2.05) is 0 Å². The highest BCUT2D eigenvalue weighted by atomic mass is 19.1. The fourth-order valence-corrected chi connectivity index (χ4v) is 8.37. The standard InChI is InChI=1S/C35H33F3N4O2/c1-4-22-28(37)9-6-19-12-21(43)13-25(29(19)22)23-7-8-24-31(30(23)38)39-33(40-32(24)41-16-26-27(17-41)34(26,2)3)44-18-35-10-5-11-42(35)15-20(36)14-35/h1,6-9,12-13,20,26-27,43H,5,10-11,14-18H2,2-3H3. The lowest BCUT2D eigenvalue weighted by atomic mass is 9.93. The number of alkyl halides is 1. The second-order valence-corrected chi connectivity index (χ2v) is 13.6. The fourth-order valence-electron chi connectivity index (χ4n) is 8.37. The SMILES string of the molecule is C#Cc1c(F)ccc2cc(O)cc(-c3ccc4c(N5CC6C(C5)C6(C)C)nc(OCC56CCCN5CC(F)C6)nc4c3F)c12. The van der Waals surface area contributed by atoms with Crippen molar-refractivity contribution in [2.75, 3.05) is 37.7 Å². The molecule has 0 spiro atoms. The summed E-state index contributed by atoms with van der Waals surface area (Å²) in [5.41, 5.74) is 0.304. The lowest BCUT2D eigenvalue weighted by Gasteiger charge is -2.31. The van der Waals surface area contributed by atoms with E-state index in [9.17, 15) is 13.9 Å². The molecule has 4 atom stereocenters. The molecule has 1 N–H and O–H groups in total. The summed E-state index contributed by atoms with van der Waals surface area (Å²) >= 11 is 0. The third-order valence-corrected chi connectivity index (χ3v) is 10.9. The molecule has 4 heterocycles. The molecule has 1 saturated carbocycles. The zero-order valence-corrected chi connectivity index (χ0v) is 24.7.